The van der Waals surface area contributed by atoms with Crippen LogP contribution in [0.4, 0.5) is 4.79 Å². The maximum absolute atomic E-state index is 12.5. The zero-order chi connectivity index (χ0) is 17.5. The summed E-state index contributed by atoms with van der Waals surface area (Å²) in [7, 11) is 0. The molecule has 0 spiro atoms. The van der Waals surface area contributed by atoms with E-state index in [1.54, 1.807) is 25.1 Å². The summed E-state index contributed by atoms with van der Waals surface area (Å²) in [5.74, 6) is -0.415. The van der Waals surface area contributed by atoms with E-state index in [2.05, 4.69) is 17.6 Å². The van der Waals surface area contributed by atoms with E-state index >= 15 is 0 Å². The second-order valence-corrected chi connectivity index (χ2v) is 6.26. The first-order chi connectivity index (χ1) is 11.5. The van der Waals surface area contributed by atoms with Crippen molar-refractivity contribution in [3.8, 4) is 0 Å². The first-order valence-corrected chi connectivity index (χ1v) is 8.61. The molecule has 0 radical (unpaired) electrons. The molecule has 0 saturated heterocycles. The van der Waals surface area contributed by atoms with E-state index in [4.69, 9.17) is 16.3 Å². The minimum Gasteiger partial charge on any atom is -0.462 e. The molecular formula is C18H23ClN2O3. The number of nitrogens with one attached hydrogen (secondary N) is 2. The number of esters is 1. The first-order valence-electron chi connectivity index (χ1n) is 8.23. The fourth-order valence-electron chi connectivity index (χ4n) is 2.67. The van der Waals surface area contributed by atoms with Crippen LogP contribution in [0.3, 0.4) is 0 Å². The molecule has 6 heteroatoms. The molecule has 0 bridgehead atoms. The lowest BCUT2D eigenvalue weighted by Gasteiger charge is -2.28. The Balaban J connectivity index is 2.15. The molecule has 1 aromatic rings. The molecule has 1 aliphatic rings. The van der Waals surface area contributed by atoms with Gasteiger partial charge in [0.25, 0.3) is 0 Å². The van der Waals surface area contributed by atoms with Gasteiger partial charge in [-0.3, -0.25) is 0 Å². The molecule has 2 amide bonds. The fraction of sp³-hybridized carbons (Fsp3) is 0.444. The Hall–Kier alpha value is -2.01. The third kappa shape index (κ3) is 4.74. The van der Waals surface area contributed by atoms with Gasteiger partial charge in [0.15, 0.2) is 0 Å². The fourth-order valence-corrected chi connectivity index (χ4v) is 2.87. The summed E-state index contributed by atoms with van der Waals surface area (Å²) in [6.45, 7) is 4.21. The van der Waals surface area contributed by atoms with E-state index in [0.29, 0.717) is 22.9 Å². The SMILES string of the molecule is CCCCCCOC(=O)C1=C(C)NC(=O)N[C@@H]1c1cccc(Cl)c1. The van der Waals surface area contributed by atoms with Crippen molar-refractivity contribution in [2.24, 2.45) is 0 Å². The van der Waals surface area contributed by atoms with Crippen LogP contribution < -0.4 is 10.6 Å². The zero-order valence-corrected chi connectivity index (χ0v) is 14.8. The lowest BCUT2D eigenvalue weighted by atomic mass is 9.95. The Labute approximate surface area is 147 Å². The molecule has 0 saturated carbocycles. The first kappa shape index (κ1) is 18.3. The molecule has 1 heterocycles. The smallest absolute Gasteiger partial charge is 0.338 e. The normalized spacial score (nSPS) is 17.3. The number of urea groups is 1. The van der Waals surface area contributed by atoms with Gasteiger partial charge in [0.1, 0.15) is 0 Å². The van der Waals surface area contributed by atoms with Crippen molar-refractivity contribution in [3.05, 3.63) is 46.1 Å². The van der Waals surface area contributed by atoms with Gasteiger partial charge in [-0.25, -0.2) is 9.59 Å². The summed E-state index contributed by atoms with van der Waals surface area (Å²) in [4.78, 5) is 24.3. The summed E-state index contributed by atoms with van der Waals surface area (Å²) in [6.07, 6.45) is 4.13. The summed E-state index contributed by atoms with van der Waals surface area (Å²) < 4.78 is 5.39. The van der Waals surface area contributed by atoms with Crippen molar-refractivity contribution < 1.29 is 14.3 Å². The van der Waals surface area contributed by atoms with Crippen molar-refractivity contribution in [3.63, 3.8) is 0 Å². The highest BCUT2D eigenvalue weighted by molar-refractivity contribution is 6.30. The molecule has 0 unspecified atom stereocenters. The Bertz CT molecular complexity index is 643. The average molecular weight is 351 g/mol. The van der Waals surface area contributed by atoms with Gasteiger partial charge in [0.2, 0.25) is 0 Å². The van der Waals surface area contributed by atoms with Crippen LogP contribution in [0, 0.1) is 0 Å². The quantitative estimate of drug-likeness (QED) is 0.575. The molecule has 1 aromatic carbocycles. The molecule has 0 aliphatic carbocycles. The van der Waals surface area contributed by atoms with Crippen LogP contribution in [0.1, 0.15) is 51.1 Å². The van der Waals surface area contributed by atoms with Gasteiger partial charge in [-0.15, -0.1) is 0 Å². The number of unbranched alkanes of at least 4 members (excludes halogenated alkanes) is 3. The van der Waals surface area contributed by atoms with Crippen molar-refractivity contribution >= 4 is 23.6 Å². The Morgan fingerprint density at radius 1 is 1.29 bits per heavy atom. The molecule has 0 fully saturated rings. The predicted octanol–water partition coefficient (Wildman–Crippen LogP) is 4.09. The zero-order valence-electron chi connectivity index (χ0n) is 14.0. The molecule has 5 nitrogen and oxygen atoms in total. The minimum absolute atomic E-state index is 0.350. The Morgan fingerprint density at radius 2 is 2.08 bits per heavy atom. The van der Waals surface area contributed by atoms with Crippen LogP contribution in [-0.4, -0.2) is 18.6 Å². The molecule has 2 N–H and O–H groups in total. The standard InChI is InChI=1S/C18H23ClN2O3/c1-3-4-5-6-10-24-17(22)15-12(2)20-18(23)21-16(15)13-8-7-9-14(19)11-13/h7-9,11,16H,3-6,10H2,1-2H3,(H2,20,21,23)/t16-/m1/s1. The minimum atomic E-state index is -0.569. The van der Waals surface area contributed by atoms with E-state index in [1.807, 2.05) is 6.07 Å². The molecule has 1 aliphatic heterocycles. The van der Waals surface area contributed by atoms with Crippen molar-refractivity contribution in [1.82, 2.24) is 10.6 Å². The number of benzene rings is 1. The number of amides is 2. The largest absolute Gasteiger partial charge is 0.462 e. The molecule has 1 atom stereocenters. The molecule has 0 aromatic heterocycles. The maximum Gasteiger partial charge on any atom is 0.338 e. The summed E-state index contributed by atoms with van der Waals surface area (Å²) in [5, 5.41) is 5.94. The van der Waals surface area contributed by atoms with Gasteiger partial charge in [-0.05, 0) is 31.0 Å². The maximum atomic E-state index is 12.5. The molecule has 24 heavy (non-hydrogen) atoms. The van der Waals surface area contributed by atoms with E-state index in [1.165, 1.54) is 0 Å². The third-order valence-electron chi connectivity index (χ3n) is 3.90. The van der Waals surface area contributed by atoms with Crippen LogP contribution >= 0.6 is 11.6 Å². The highest BCUT2D eigenvalue weighted by Gasteiger charge is 2.32. The van der Waals surface area contributed by atoms with E-state index in [9.17, 15) is 9.59 Å². The van der Waals surface area contributed by atoms with Crippen LogP contribution in [0.25, 0.3) is 0 Å². The monoisotopic (exact) mass is 350 g/mol. The lowest BCUT2D eigenvalue weighted by molar-refractivity contribution is -0.139. The number of hydrogen-bond acceptors (Lipinski definition) is 3. The third-order valence-corrected chi connectivity index (χ3v) is 4.14. The van der Waals surface area contributed by atoms with Crippen molar-refractivity contribution in [2.75, 3.05) is 6.61 Å². The van der Waals surface area contributed by atoms with E-state index < -0.39 is 12.0 Å². The Morgan fingerprint density at radius 3 is 2.79 bits per heavy atom. The van der Waals surface area contributed by atoms with Crippen LogP contribution in [-0.2, 0) is 9.53 Å². The number of halogens is 1. The number of rotatable bonds is 7. The summed E-state index contributed by atoms with van der Waals surface area (Å²) >= 11 is 6.04. The van der Waals surface area contributed by atoms with Gasteiger partial charge in [-0.1, -0.05) is 49.9 Å². The van der Waals surface area contributed by atoms with Gasteiger partial charge >= 0.3 is 12.0 Å². The second kappa shape index (κ2) is 8.73. The molecular weight excluding hydrogens is 328 g/mol. The molecule has 130 valence electrons. The van der Waals surface area contributed by atoms with Crippen LogP contribution in [0.2, 0.25) is 5.02 Å². The number of carbonyl (C=O) groups is 2. The second-order valence-electron chi connectivity index (χ2n) is 5.82. The van der Waals surface area contributed by atoms with E-state index in [0.717, 1.165) is 31.2 Å². The van der Waals surface area contributed by atoms with Crippen molar-refractivity contribution in [1.29, 1.82) is 0 Å². The van der Waals surface area contributed by atoms with Crippen molar-refractivity contribution in [2.45, 2.75) is 45.6 Å². The lowest BCUT2D eigenvalue weighted by Crippen LogP contribution is -2.45. The predicted molar refractivity (Wildman–Crippen MR) is 93.7 cm³/mol. The topological polar surface area (TPSA) is 67.4 Å². The average Bonchev–Trinajstić information content (AvgIpc) is 2.53. The van der Waals surface area contributed by atoms with Crippen LogP contribution in [0.15, 0.2) is 35.5 Å². The highest BCUT2D eigenvalue weighted by Crippen LogP contribution is 2.29. The van der Waals surface area contributed by atoms with Gasteiger partial charge in [0.05, 0.1) is 18.2 Å². The number of carbonyl (C=O) groups excluding carboxylic acids is 2. The van der Waals surface area contributed by atoms with Gasteiger partial charge in [-0.2, -0.15) is 0 Å². The summed E-state index contributed by atoms with van der Waals surface area (Å²) in [5.41, 5.74) is 1.66. The highest BCUT2D eigenvalue weighted by atomic mass is 35.5. The van der Waals surface area contributed by atoms with Crippen LogP contribution in [0.5, 0.6) is 0 Å². The molecule has 2 rings (SSSR count). The van der Waals surface area contributed by atoms with E-state index in [-0.39, 0.29) is 6.03 Å². The summed E-state index contributed by atoms with van der Waals surface area (Å²) in [6, 6.07) is 6.17. The van der Waals surface area contributed by atoms with Gasteiger partial charge < -0.3 is 15.4 Å². The van der Waals surface area contributed by atoms with Gasteiger partial charge in [0, 0.05) is 10.7 Å². The number of ether oxygens (including phenoxy) is 1. The number of hydrogen-bond donors (Lipinski definition) is 2. The Kier molecular flexibility index (Phi) is 6.67. The number of allylic oxidation sites excluding steroid dienone is 1.